The predicted molar refractivity (Wildman–Crippen MR) is 150 cm³/mol. The molecule has 192 valence electrons. The van der Waals surface area contributed by atoms with Gasteiger partial charge in [-0.25, -0.2) is 19.3 Å². The van der Waals surface area contributed by atoms with E-state index in [1.807, 2.05) is 36.4 Å². The summed E-state index contributed by atoms with van der Waals surface area (Å²) < 4.78 is 14.6. The van der Waals surface area contributed by atoms with E-state index < -0.39 is 0 Å². The average molecular weight is 527 g/mol. The molecule has 0 atom stereocenters. The van der Waals surface area contributed by atoms with Crippen LogP contribution in [-0.2, 0) is 0 Å². The number of halogens is 1. The molecule has 0 aliphatic carbocycles. The molecule has 7 rings (SSSR count). The molecule has 0 bridgehead atoms. The number of carbonyl (C=O) groups excluding carboxylic acids is 1. The Morgan fingerprint density at radius 2 is 1.70 bits per heavy atom. The van der Waals surface area contributed by atoms with E-state index in [4.69, 9.17) is 9.97 Å². The molecule has 1 amide bonds. The van der Waals surface area contributed by atoms with E-state index in [1.54, 1.807) is 55.0 Å². The molecule has 7 aromatic rings. The number of pyridine rings is 3. The van der Waals surface area contributed by atoms with Gasteiger partial charge in [0.05, 0.1) is 23.1 Å². The Bertz CT molecular complexity index is 2030. The van der Waals surface area contributed by atoms with Crippen LogP contribution in [0.3, 0.4) is 0 Å². The molecule has 0 fully saturated rings. The molecule has 0 aliphatic rings. The minimum Gasteiger partial charge on any atom is -0.321 e. The monoisotopic (exact) mass is 526 g/mol. The fourth-order valence-corrected chi connectivity index (χ4v) is 4.59. The van der Waals surface area contributed by atoms with E-state index in [9.17, 15) is 9.18 Å². The molecular formula is C30H19FN8O. The molecule has 0 unspecified atom stereocenters. The van der Waals surface area contributed by atoms with Crippen LogP contribution in [-0.4, -0.2) is 41.0 Å². The first kappa shape index (κ1) is 23.4. The van der Waals surface area contributed by atoms with Crippen LogP contribution in [0.15, 0.2) is 97.5 Å². The Morgan fingerprint density at radius 1 is 0.850 bits per heavy atom. The third-order valence-electron chi connectivity index (χ3n) is 6.51. The van der Waals surface area contributed by atoms with E-state index in [2.05, 4.69) is 30.5 Å². The molecule has 0 saturated heterocycles. The summed E-state index contributed by atoms with van der Waals surface area (Å²) in [6, 6.07) is 22.8. The number of anilines is 1. The third-order valence-corrected chi connectivity index (χ3v) is 6.51. The number of fused-ring (bicyclic) bond motifs is 2. The van der Waals surface area contributed by atoms with Gasteiger partial charge in [-0.3, -0.25) is 14.9 Å². The number of aromatic nitrogens is 7. The van der Waals surface area contributed by atoms with Crippen molar-refractivity contribution in [2.75, 3.05) is 5.32 Å². The molecule has 0 aliphatic heterocycles. The van der Waals surface area contributed by atoms with Gasteiger partial charge < -0.3 is 10.3 Å². The second-order valence-electron chi connectivity index (χ2n) is 9.07. The van der Waals surface area contributed by atoms with Crippen molar-refractivity contribution in [2.24, 2.45) is 0 Å². The molecule has 3 N–H and O–H groups in total. The zero-order valence-electron chi connectivity index (χ0n) is 20.8. The van der Waals surface area contributed by atoms with Gasteiger partial charge in [0.25, 0.3) is 5.91 Å². The molecular weight excluding hydrogens is 507 g/mol. The zero-order chi connectivity index (χ0) is 27.1. The van der Waals surface area contributed by atoms with Gasteiger partial charge in [-0.2, -0.15) is 5.10 Å². The minimum absolute atomic E-state index is 0.228. The van der Waals surface area contributed by atoms with Gasteiger partial charge in [0.15, 0.2) is 17.2 Å². The number of H-pyrrole nitrogens is 2. The Kier molecular flexibility index (Phi) is 5.56. The van der Waals surface area contributed by atoms with E-state index in [0.717, 1.165) is 0 Å². The number of aromatic amines is 2. The highest BCUT2D eigenvalue weighted by Crippen LogP contribution is 2.32. The van der Waals surface area contributed by atoms with Crippen LogP contribution in [0.25, 0.3) is 56.1 Å². The van der Waals surface area contributed by atoms with Crippen molar-refractivity contribution in [3.05, 3.63) is 109 Å². The Hall–Kier alpha value is -5.77. The normalized spacial score (nSPS) is 11.2. The summed E-state index contributed by atoms with van der Waals surface area (Å²) in [5, 5.41) is 10.3. The third kappa shape index (κ3) is 4.13. The van der Waals surface area contributed by atoms with Crippen molar-refractivity contribution in [1.82, 2.24) is 35.1 Å². The van der Waals surface area contributed by atoms with Crippen molar-refractivity contribution in [3.8, 4) is 33.9 Å². The summed E-state index contributed by atoms with van der Waals surface area (Å²) in [5.74, 6) is -0.121. The number of carbonyl (C=O) groups is 1. The van der Waals surface area contributed by atoms with Crippen molar-refractivity contribution >= 4 is 33.8 Å². The first-order valence-corrected chi connectivity index (χ1v) is 12.4. The summed E-state index contributed by atoms with van der Waals surface area (Å²) in [5.41, 5.74) is 6.34. The van der Waals surface area contributed by atoms with Crippen LogP contribution < -0.4 is 5.32 Å². The summed E-state index contributed by atoms with van der Waals surface area (Å²) in [6.45, 7) is 0. The Balaban J connectivity index is 1.26. The van der Waals surface area contributed by atoms with Crippen LogP contribution in [0, 0.1) is 5.82 Å². The van der Waals surface area contributed by atoms with Crippen LogP contribution in [0.1, 0.15) is 10.4 Å². The molecule has 0 radical (unpaired) electrons. The maximum Gasteiger partial charge on any atom is 0.255 e. The first-order valence-electron chi connectivity index (χ1n) is 12.4. The standard InChI is InChI=1S/C30H19FN8O/c31-22-9-5-4-8-20(22)21-12-13-33-28-25(21)36-29(37-28)27-26-24(38-39-27)11-10-23(35-26)18-14-19(16-32-15-18)34-30(40)17-6-2-1-3-7-17/h1-16H,(H,34,40)(H,38,39)(H,33,36,37). The van der Waals surface area contributed by atoms with Gasteiger partial charge in [-0.1, -0.05) is 36.4 Å². The summed E-state index contributed by atoms with van der Waals surface area (Å²) in [7, 11) is 0. The molecule has 0 spiro atoms. The van der Waals surface area contributed by atoms with Gasteiger partial charge in [-0.15, -0.1) is 0 Å². The zero-order valence-corrected chi connectivity index (χ0v) is 20.8. The van der Waals surface area contributed by atoms with Crippen molar-refractivity contribution in [3.63, 3.8) is 0 Å². The van der Waals surface area contributed by atoms with Crippen LogP contribution in [0.2, 0.25) is 0 Å². The average Bonchev–Trinajstić information content (AvgIpc) is 3.62. The van der Waals surface area contributed by atoms with E-state index >= 15 is 0 Å². The van der Waals surface area contributed by atoms with Crippen molar-refractivity contribution < 1.29 is 9.18 Å². The lowest BCUT2D eigenvalue weighted by atomic mass is 10.1. The SMILES string of the molecule is O=C(Nc1cncc(-c2ccc3[nH]nc(-c4nc5c(-c6ccccc6F)ccnc5[nH]4)c3n2)c1)c1ccccc1. The number of amides is 1. The number of nitrogens with one attached hydrogen (secondary N) is 3. The number of hydrogen-bond acceptors (Lipinski definition) is 6. The first-order chi connectivity index (χ1) is 19.6. The second-order valence-corrected chi connectivity index (χ2v) is 9.07. The number of rotatable bonds is 5. The largest absolute Gasteiger partial charge is 0.321 e. The number of imidazole rings is 1. The molecule has 40 heavy (non-hydrogen) atoms. The lowest BCUT2D eigenvalue weighted by molar-refractivity contribution is 0.102. The fourth-order valence-electron chi connectivity index (χ4n) is 4.59. The predicted octanol–water partition coefficient (Wildman–Crippen LogP) is 6.02. The van der Waals surface area contributed by atoms with E-state index in [0.29, 0.717) is 67.4 Å². The maximum atomic E-state index is 14.6. The highest BCUT2D eigenvalue weighted by molar-refractivity contribution is 6.04. The highest BCUT2D eigenvalue weighted by atomic mass is 19.1. The molecule has 5 aromatic heterocycles. The quantitative estimate of drug-likeness (QED) is 0.252. The summed E-state index contributed by atoms with van der Waals surface area (Å²) >= 11 is 0. The molecule has 5 heterocycles. The molecule has 2 aromatic carbocycles. The molecule has 10 heteroatoms. The molecule has 0 saturated carbocycles. The summed E-state index contributed by atoms with van der Waals surface area (Å²) in [6.07, 6.45) is 4.88. The lowest BCUT2D eigenvalue weighted by Gasteiger charge is -2.07. The summed E-state index contributed by atoms with van der Waals surface area (Å²) in [4.78, 5) is 34.1. The Morgan fingerprint density at radius 3 is 2.58 bits per heavy atom. The van der Waals surface area contributed by atoms with Crippen LogP contribution in [0.5, 0.6) is 0 Å². The topological polar surface area (TPSA) is 125 Å². The number of hydrogen-bond donors (Lipinski definition) is 3. The smallest absolute Gasteiger partial charge is 0.255 e. The minimum atomic E-state index is -0.341. The van der Waals surface area contributed by atoms with E-state index in [1.165, 1.54) is 6.07 Å². The highest BCUT2D eigenvalue weighted by Gasteiger charge is 2.18. The van der Waals surface area contributed by atoms with Crippen LogP contribution >= 0.6 is 0 Å². The van der Waals surface area contributed by atoms with E-state index in [-0.39, 0.29) is 11.7 Å². The van der Waals surface area contributed by atoms with Crippen LogP contribution in [0.4, 0.5) is 10.1 Å². The van der Waals surface area contributed by atoms with Gasteiger partial charge in [0.1, 0.15) is 16.9 Å². The second kappa shape index (κ2) is 9.52. The van der Waals surface area contributed by atoms with Gasteiger partial charge in [0, 0.05) is 34.6 Å². The maximum absolute atomic E-state index is 14.6. The van der Waals surface area contributed by atoms with Crippen molar-refractivity contribution in [1.29, 1.82) is 0 Å². The number of benzene rings is 2. The number of nitrogens with zero attached hydrogens (tertiary/aromatic N) is 5. The van der Waals surface area contributed by atoms with Gasteiger partial charge in [0.2, 0.25) is 0 Å². The Labute approximate surface area is 226 Å². The van der Waals surface area contributed by atoms with Gasteiger partial charge >= 0.3 is 0 Å². The fraction of sp³-hybridized carbons (Fsp3) is 0. The van der Waals surface area contributed by atoms with Crippen molar-refractivity contribution in [2.45, 2.75) is 0 Å². The lowest BCUT2D eigenvalue weighted by Crippen LogP contribution is -2.11. The van der Waals surface area contributed by atoms with Gasteiger partial charge in [-0.05, 0) is 42.5 Å². The molecule has 9 nitrogen and oxygen atoms in total.